The second kappa shape index (κ2) is 9.71. The van der Waals surface area contributed by atoms with Crippen LogP contribution in [0, 0.1) is 5.92 Å². The van der Waals surface area contributed by atoms with E-state index in [0.717, 1.165) is 30.1 Å². The van der Waals surface area contributed by atoms with Gasteiger partial charge in [0.1, 0.15) is 10.3 Å². The largest absolute Gasteiger partial charge is 0.378 e. The number of carbonyl (C=O) groups excluding carboxylic acids is 1. The van der Waals surface area contributed by atoms with Gasteiger partial charge < -0.3 is 15.0 Å². The van der Waals surface area contributed by atoms with Crippen molar-refractivity contribution >= 4 is 38.6 Å². The summed E-state index contributed by atoms with van der Waals surface area (Å²) >= 11 is 1.13. The van der Waals surface area contributed by atoms with E-state index in [9.17, 15) is 13.2 Å². The van der Waals surface area contributed by atoms with Gasteiger partial charge in [0.15, 0.2) is 0 Å². The summed E-state index contributed by atoms with van der Waals surface area (Å²) in [5, 5.41) is 4.54. The Labute approximate surface area is 176 Å². The number of benzene rings is 1. The summed E-state index contributed by atoms with van der Waals surface area (Å²) in [6.45, 7) is 7.01. The fourth-order valence-electron chi connectivity index (χ4n) is 3.15. The van der Waals surface area contributed by atoms with Crippen LogP contribution in [0.2, 0.25) is 0 Å². The zero-order chi connectivity index (χ0) is 20.9. The lowest BCUT2D eigenvalue weighted by Gasteiger charge is -2.29. The Kier molecular flexibility index (Phi) is 7.28. The Balaban J connectivity index is 1.68. The molecular weight excluding hydrogens is 410 g/mol. The van der Waals surface area contributed by atoms with Crippen molar-refractivity contribution < 1.29 is 17.9 Å². The highest BCUT2D eigenvalue weighted by Gasteiger charge is 2.27. The van der Waals surface area contributed by atoms with E-state index >= 15 is 0 Å². The van der Waals surface area contributed by atoms with Crippen molar-refractivity contribution in [2.45, 2.75) is 30.5 Å². The lowest BCUT2D eigenvalue weighted by molar-refractivity contribution is -0.118. The molecule has 0 radical (unpaired) electrons. The van der Waals surface area contributed by atoms with E-state index in [4.69, 9.17) is 4.74 Å². The molecular formula is C20H27N3O4S2. The third-order valence-electron chi connectivity index (χ3n) is 4.59. The molecule has 3 rings (SSSR count). The number of anilines is 2. The molecule has 0 saturated carbocycles. The van der Waals surface area contributed by atoms with Crippen molar-refractivity contribution in [2.24, 2.45) is 5.92 Å². The van der Waals surface area contributed by atoms with Crippen LogP contribution in [0.3, 0.4) is 0 Å². The zero-order valence-electron chi connectivity index (χ0n) is 16.6. The number of hydrogen-bond donors (Lipinski definition) is 2. The highest BCUT2D eigenvalue weighted by atomic mass is 32.2. The van der Waals surface area contributed by atoms with Crippen LogP contribution in [0.5, 0.6) is 0 Å². The maximum Gasteiger partial charge on any atom is 0.250 e. The molecule has 2 aromatic rings. The molecule has 1 aromatic heterocycles. The molecule has 1 amide bonds. The van der Waals surface area contributed by atoms with Gasteiger partial charge in [-0.05, 0) is 48.1 Å². The summed E-state index contributed by atoms with van der Waals surface area (Å²) in [5.41, 5.74) is 1.71. The molecule has 2 heterocycles. The molecule has 1 aliphatic heterocycles. The summed E-state index contributed by atoms with van der Waals surface area (Å²) in [6, 6.07) is 9.93. The molecule has 158 valence electrons. The third-order valence-corrected chi connectivity index (χ3v) is 7.46. The Morgan fingerprint density at radius 2 is 1.86 bits per heavy atom. The Morgan fingerprint density at radius 1 is 1.17 bits per heavy atom. The lowest BCUT2D eigenvalue weighted by Crippen LogP contribution is -2.44. The van der Waals surface area contributed by atoms with Crippen molar-refractivity contribution in [1.29, 1.82) is 0 Å². The first-order valence-electron chi connectivity index (χ1n) is 9.64. The van der Waals surface area contributed by atoms with Crippen molar-refractivity contribution in [2.75, 3.05) is 36.5 Å². The molecule has 7 nitrogen and oxygen atoms in total. The number of rotatable bonds is 8. The summed E-state index contributed by atoms with van der Waals surface area (Å²) in [6.07, 6.45) is 0.405. The number of sulfonamides is 1. The van der Waals surface area contributed by atoms with Crippen LogP contribution in [0.15, 0.2) is 46.0 Å². The molecule has 1 fully saturated rings. The second-order valence-corrected chi connectivity index (χ2v) is 10.3. The minimum absolute atomic E-state index is 0.153. The number of carbonyl (C=O) groups is 1. The summed E-state index contributed by atoms with van der Waals surface area (Å²) in [7, 11) is -3.73. The van der Waals surface area contributed by atoms with E-state index in [2.05, 4.69) is 14.9 Å². The van der Waals surface area contributed by atoms with Crippen LogP contribution in [0.25, 0.3) is 0 Å². The van der Waals surface area contributed by atoms with Crippen LogP contribution in [-0.2, 0) is 19.6 Å². The normalized spacial score (nSPS) is 16.0. The number of ether oxygens (including phenoxy) is 1. The molecule has 0 aliphatic carbocycles. The zero-order valence-corrected chi connectivity index (χ0v) is 18.3. The fourth-order valence-corrected chi connectivity index (χ4v) is 5.37. The van der Waals surface area contributed by atoms with E-state index in [1.165, 1.54) is 6.07 Å². The molecule has 1 atom stereocenters. The van der Waals surface area contributed by atoms with Crippen molar-refractivity contribution in [3.63, 3.8) is 0 Å². The van der Waals surface area contributed by atoms with Crippen LogP contribution < -0.4 is 14.9 Å². The van der Waals surface area contributed by atoms with Crippen molar-refractivity contribution in [1.82, 2.24) is 4.72 Å². The first kappa shape index (κ1) is 21.8. The number of nitrogens with zero attached hydrogens (tertiary/aromatic N) is 1. The average molecular weight is 438 g/mol. The summed E-state index contributed by atoms with van der Waals surface area (Å²) in [4.78, 5) is 15.0. The highest BCUT2D eigenvalue weighted by Crippen LogP contribution is 2.21. The number of nitrogens with one attached hydrogen (secondary N) is 2. The monoisotopic (exact) mass is 437 g/mol. The van der Waals surface area contributed by atoms with E-state index < -0.39 is 16.1 Å². The molecule has 1 saturated heterocycles. The molecule has 0 bridgehead atoms. The summed E-state index contributed by atoms with van der Waals surface area (Å²) in [5.74, 6) is -0.210. The second-order valence-electron chi connectivity index (χ2n) is 7.37. The topological polar surface area (TPSA) is 87.7 Å². The van der Waals surface area contributed by atoms with Crippen LogP contribution >= 0.6 is 11.3 Å². The van der Waals surface area contributed by atoms with Crippen molar-refractivity contribution in [3.05, 3.63) is 41.8 Å². The van der Waals surface area contributed by atoms with Gasteiger partial charge in [0.2, 0.25) is 5.91 Å². The Bertz CT molecular complexity index is 890. The van der Waals surface area contributed by atoms with Gasteiger partial charge in [0, 0.05) is 24.5 Å². The first-order chi connectivity index (χ1) is 13.8. The van der Waals surface area contributed by atoms with E-state index in [1.54, 1.807) is 11.4 Å². The Hall–Kier alpha value is -1.94. The van der Waals surface area contributed by atoms with Crippen LogP contribution in [-0.4, -0.2) is 46.7 Å². The SMILES string of the molecule is CC(C)C[C@H](NS(=O)(=O)c1cccs1)C(=O)Nc1ccc(N2CCOCC2)cc1. The number of hydrogen-bond acceptors (Lipinski definition) is 6. The Morgan fingerprint density at radius 3 is 2.45 bits per heavy atom. The summed E-state index contributed by atoms with van der Waals surface area (Å²) < 4.78 is 33.3. The van der Waals surface area contributed by atoms with Crippen molar-refractivity contribution in [3.8, 4) is 0 Å². The molecule has 1 aromatic carbocycles. The quantitative estimate of drug-likeness (QED) is 0.663. The average Bonchev–Trinajstić information content (AvgIpc) is 3.24. The van der Waals surface area contributed by atoms with Gasteiger partial charge in [-0.15, -0.1) is 11.3 Å². The van der Waals surface area contributed by atoms with E-state index in [0.29, 0.717) is 25.3 Å². The molecule has 9 heteroatoms. The number of amides is 1. The molecule has 1 aliphatic rings. The third kappa shape index (κ3) is 6.02. The van der Waals surface area contributed by atoms with Crippen LogP contribution in [0.4, 0.5) is 11.4 Å². The maximum atomic E-state index is 12.8. The molecule has 0 spiro atoms. The molecule has 29 heavy (non-hydrogen) atoms. The van der Waals surface area contributed by atoms with Gasteiger partial charge in [-0.2, -0.15) is 4.72 Å². The van der Waals surface area contributed by atoms with Gasteiger partial charge in [0.05, 0.1) is 13.2 Å². The standard InChI is InChI=1S/C20H27N3O4S2/c1-15(2)14-18(22-29(25,26)19-4-3-13-28-19)20(24)21-16-5-7-17(8-6-16)23-9-11-27-12-10-23/h3-8,13,15,18,22H,9-12,14H2,1-2H3,(H,21,24)/t18-/m0/s1. The smallest absolute Gasteiger partial charge is 0.250 e. The lowest BCUT2D eigenvalue weighted by atomic mass is 10.0. The van der Waals surface area contributed by atoms with Gasteiger partial charge in [0.25, 0.3) is 10.0 Å². The predicted molar refractivity (Wildman–Crippen MR) is 116 cm³/mol. The minimum atomic E-state index is -3.73. The first-order valence-corrected chi connectivity index (χ1v) is 12.0. The highest BCUT2D eigenvalue weighted by molar-refractivity contribution is 7.91. The number of thiophene rings is 1. The van der Waals surface area contributed by atoms with E-state index in [-0.39, 0.29) is 16.0 Å². The predicted octanol–water partition coefficient (Wildman–Crippen LogP) is 2.92. The van der Waals surface area contributed by atoms with Gasteiger partial charge in [-0.1, -0.05) is 19.9 Å². The van der Waals surface area contributed by atoms with E-state index in [1.807, 2.05) is 38.1 Å². The molecule has 2 N–H and O–H groups in total. The minimum Gasteiger partial charge on any atom is -0.378 e. The number of morpholine rings is 1. The molecule has 0 unspecified atom stereocenters. The maximum absolute atomic E-state index is 12.8. The van der Waals surface area contributed by atoms with Gasteiger partial charge >= 0.3 is 0 Å². The van der Waals surface area contributed by atoms with Gasteiger partial charge in [-0.25, -0.2) is 8.42 Å². The fraction of sp³-hybridized carbons (Fsp3) is 0.450. The van der Waals surface area contributed by atoms with Crippen LogP contribution in [0.1, 0.15) is 20.3 Å². The van der Waals surface area contributed by atoms with Gasteiger partial charge in [-0.3, -0.25) is 4.79 Å².